The standard InChI is InChI=1S/C24H21N3O4/c1-15-5-6-16(2)19(10-15)27-20(12-18(26-27)21-4-3-9-29-21)24(28)25-13-17-7-8-22-23(11-17)31-14-30-22/h3-12H,13-14H2,1-2H3,(H,25,28). The smallest absolute Gasteiger partial charge is 0.270 e. The largest absolute Gasteiger partial charge is 0.463 e. The Morgan fingerprint density at radius 2 is 1.94 bits per heavy atom. The number of benzene rings is 2. The van der Waals surface area contributed by atoms with Crippen LogP contribution in [0.15, 0.2) is 65.3 Å². The van der Waals surface area contributed by atoms with Crippen LogP contribution in [0.3, 0.4) is 0 Å². The minimum Gasteiger partial charge on any atom is -0.463 e. The summed E-state index contributed by atoms with van der Waals surface area (Å²) in [7, 11) is 0. The Kier molecular flexibility index (Phi) is 4.71. The number of ether oxygens (including phenoxy) is 2. The molecule has 7 nitrogen and oxygen atoms in total. The number of aromatic nitrogens is 2. The predicted octanol–water partition coefficient (Wildman–Crippen LogP) is 4.41. The summed E-state index contributed by atoms with van der Waals surface area (Å²) in [5.74, 6) is 1.77. The lowest BCUT2D eigenvalue weighted by atomic mass is 10.1. The van der Waals surface area contributed by atoms with Crippen LogP contribution in [-0.2, 0) is 6.54 Å². The number of hydrogen-bond acceptors (Lipinski definition) is 5. The van der Waals surface area contributed by atoms with Gasteiger partial charge in [0.15, 0.2) is 17.3 Å². The number of carbonyl (C=O) groups excluding carboxylic acids is 1. The van der Waals surface area contributed by atoms with Crippen LogP contribution in [0.5, 0.6) is 11.5 Å². The summed E-state index contributed by atoms with van der Waals surface area (Å²) < 4.78 is 17.9. The van der Waals surface area contributed by atoms with Crippen molar-refractivity contribution < 1.29 is 18.7 Å². The van der Waals surface area contributed by atoms with Crippen molar-refractivity contribution in [2.24, 2.45) is 0 Å². The fraction of sp³-hybridized carbons (Fsp3) is 0.167. The summed E-state index contributed by atoms with van der Waals surface area (Å²) in [5.41, 5.74) is 4.90. The molecule has 156 valence electrons. The van der Waals surface area contributed by atoms with Gasteiger partial charge in [-0.15, -0.1) is 0 Å². The zero-order valence-corrected chi connectivity index (χ0v) is 17.2. The Morgan fingerprint density at radius 3 is 2.77 bits per heavy atom. The number of amides is 1. The first kappa shape index (κ1) is 19.0. The summed E-state index contributed by atoms with van der Waals surface area (Å²) in [6, 6.07) is 17.1. The lowest BCUT2D eigenvalue weighted by Crippen LogP contribution is -2.25. The molecular weight excluding hydrogens is 394 g/mol. The summed E-state index contributed by atoms with van der Waals surface area (Å²) in [6.07, 6.45) is 1.59. The number of furan rings is 1. The molecule has 5 rings (SSSR count). The molecule has 31 heavy (non-hydrogen) atoms. The Morgan fingerprint density at radius 1 is 1.06 bits per heavy atom. The third-order valence-electron chi connectivity index (χ3n) is 5.20. The van der Waals surface area contributed by atoms with Crippen LogP contribution in [-0.4, -0.2) is 22.5 Å². The van der Waals surface area contributed by atoms with E-state index in [-0.39, 0.29) is 12.7 Å². The number of fused-ring (bicyclic) bond motifs is 1. The summed E-state index contributed by atoms with van der Waals surface area (Å²) in [4.78, 5) is 13.2. The first-order valence-corrected chi connectivity index (χ1v) is 9.97. The molecule has 0 unspecified atom stereocenters. The third-order valence-corrected chi connectivity index (χ3v) is 5.20. The van der Waals surface area contributed by atoms with Crippen LogP contribution in [0.25, 0.3) is 17.1 Å². The van der Waals surface area contributed by atoms with Gasteiger partial charge >= 0.3 is 0 Å². The summed E-state index contributed by atoms with van der Waals surface area (Å²) in [6.45, 7) is 4.58. The monoisotopic (exact) mass is 415 g/mol. The molecule has 1 aliphatic heterocycles. The highest BCUT2D eigenvalue weighted by molar-refractivity contribution is 5.94. The number of nitrogens with zero attached hydrogens (tertiary/aromatic N) is 2. The first-order chi connectivity index (χ1) is 15.1. The summed E-state index contributed by atoms with van der Waals surface area (Å²) in [5, 5.41) is 7.66. The topological polar surface area (TPSA) is 78.5 Å². The van der Waals surface area contributed by atoms with Crippen molar-refractivity contribution >= 4 is 5.91 Å². The maximum absolute atomic E-state index is 13.2. The average Bonchev–Trinajstić information content (AvgIpc) is 3.52. The Hall–Kier alpha value is -4.00. The van der Waals surface area contributed by atoms with Gasteiger partial charge in [-0.25, -0.2) is 4.68 Å². The van der Waals surface area contributed by atoms with Gasteiger partial charge in [-0.1, -0.05) is 18.2 Å². The van der Waals surface area contributed by atoms with Crippen LogP contribution in [0.1, 0.15) is 27.2 Å². The van der Waals surface area contributed by atoms with E-state index in [1.165, 1.54) is 0 Å². The van der Waals surface area contributed by atoms with E-state index in [0.717, 1.165) is 22.4 Å². The van der Waals surface area contributed by atoms with E-state index in [0.29, 0.717) is 35.2 Å². The fourth-order valence-electron chi connectivity index (χ4n) is 3.54. The van der Waals surface area contributed by atoms with Gasteiger partial charge in [-0.2, -0.15) is 5.10 Å². The van der Waals surface area contributed by atoms with Gasteiger partial charge in [0.2, 0.25) is 6.79 Å². The Bertz CT molecular complexity index is 1260. The second-order valence-electron chi connectivity index (χ2n) is 7.46. The molecule has 1 amide bonds. The molecule has 7 heteroatoms. The molecule has 0 bridgehead atoms. The van der Waals surface area contributed by atoms with Crippen LogP contribution in [0.2, 0.25) is 0 Å². The highest BCUT2D eigenvalue weighted by Gasteiger charge is 2.20. The highest BCUT2D eigenvalue weighted by Crippen LogP contribution is 2.32. The van der Waals surface area contributed by atoms with Crippen molar-refractivity contribution in [3.05, 3.63) is 83.2 Å². The van der Waals surface area contributed by atoms with Crippen LogP contribution < -0.4 is 14.8 Å². The molecule has 0 aliphatic carbocycles. The molecule has 0 radical (unpaired) electrons. The number of hydrogen-bond donors (Lipinski definition) is 1. The lowest BCUT2D eigenvalue weighted by molar-refractivity contribution is 0.0943. The van der Waals surface area contributed by atoms with E-state index < -0.39 is 0 Å². The number of rotatable bonds is 5. The highest BCUT2D eigenvalue weighted by atomic mass is 16.7. The molecule has 0 saturated heterocycles. The van der Waals surface area contributed by atoms with Crippen molar-refractivity contribution in [1.82, 2.24) is 15.1 Å². The maximum Gasteiger partial charge on any atom is 0.270 e. The van der Waals surface area contributed by atoms with E-state index in [1.807, 2.05) is 56.3 Å². The normalized spacial score (nSPS) is 12.2. The van der Waals surface area contributed by atoms with Gasteiger partial charge in [0.1, 0.15) is 11.4 Å². The Labute approximate surface area is 179 Å². The predicted molar refractivity (Wildman–Crippen MR) is 114 cm³/mol. The minimum atomic E-state index is -0.233. The van der Waals surface area contributed by atoms with Crippen molar-refractivity contribution in [2.75, 3.05) is 6.79 Å². The van der Waals surface area contributed by atoms with Crippen LogP contribution in [0, 0.1) is 13.8 Å². The third kappa shape index (κ3) is 3.66. The van der Waals surface area contributed by atoms with E-state index >= 15 is 0 Å². The molecule has 3 heterocycles. The lowest BCUT2D eigenvalue weighted by Gasteiger charge is -2.11. The van der Waals surface area contributed by atoms with E-state index in [4.69, 9.17) is 13.9 Å². The molecule has 1 aliphatic rings. The van der Waals surface area contributed by atoms with E-state index in [9.17, 15) is 4.79 Å². The fourth-order valence-corrected chi connectivity index (χ4v) is 3.54. The molecule has 0 atom stereocenters. The van der Waals surface area contributed by atoms with Gasteiger partial charge in [0.25, 0.3) is 5.91 Å². The van der Waals surface area contributed by atoms with Crippen molar-refractivity contribution in [3.63, 3.8) is 0 Å². The molecule has 2 aromatic carbocycles. The molecule has 0 spiro atoms. The number of nitrogens with one attached hydrogen (secondary N) is 1. The van der Waals surface area contributed by atoms with Crippen molar-refractivity contribution in [2.45, 2.75) is 20.4 Å². The average molecular weight is 415 g/mol. The molecule has 4 aromatic rings. The maximum atomic E-state index is 13.2. The van der Waals surface area contributed by atoms with Gasteiger partial charge in [0.05, 0.1) is 12.0 Å². The summed E-state index contributed by atoms with van der Waals surface area (Å²) >= 11 is 0. The minimum absolute atomic E-state index is 0.218. The zero-order valence-electron chi connectivity index (χ0n) is 17.2. The van der Waals surface area contributed by atoms with Gasteiger partial charge in [-0.05, 0) is 60.9 Å². The molecule has 1 N–H and O–H groups in total. The van der Waals surface area contributed by atoms with Crippen molar-refractivity contribution in [1.29, 1.82) is 0 Å². The second-order valence-corrected chi connectivity index (χ2v) is 7.46. The Balaban J connectivity index is 1.47. The van der Waals surface area contributed by atoms with Crippen LogP contribution >= 0.6 is 0 Å². The second kappa shape index (κ2) is 7.68. The number of aryl methyl sites for hydroxylation is 2. The van der Waals surface area contributed by atoms with E-state index in [1.54, 1.807) is 23.1 Å². The number of carbonyl (C=O) groups is 1. The SMILES string of the molecule is Cc1ccc(C)c(-n2nc(-c3ccco3)cc2C(=O)NCc2ccc3c(c2)OCO3)c1. The van der Waals surface area contributed by atoms with Crippen molar-refractivity contribution in [3.8, 4) is 28.6 Å². The molecule has 2 aromatic heterocycles. The van der Waals surface area contributed by atoms with Gasteiger partial charge < -0.3 is 19.2 Å². The van der Waals surface area contributed by atoms with Crippen LogP contribution in [0.4, 0.5) is 0 Å². The zero-order chi connectivity index (χ0) is 21.4. The quantitative estimate of drug-likeness (QED) is 0.522. The molecular formula is C24H21N3O4. The molecule has 0 saturated carbocycles. The van der Waals surface area contributed by atoms with Gasteiger partial charge in [0, 0.05) is 12.6 Å². The van der Waals surface area contributed by atoms with Gasteiger partial charge in [-0.3, -0.25) is 4.79 Å². The molecule has 0 fully saturated rings. The first-order valence-electron chi connectivity index (χ1n) is 9.97. The van der Waals surface area contributed by atoms with E-state index in [2.05, 4.69) is 10.4 Å².